The van der Waals surface area contributed by atoms with Gasteiger partial charge in [0.15, 0.2) is 11.0 Å². The fraction of sp³-hybridized carbons (Fsp3) is 0.105. The molecule has 138 valence electrons. The molecule has 0 fully saturated rings. The van der Waals surface area contributed by atoms with Gasteiger partial charge in [0.1, 0.15) is 5.82 Å². The third kappa shape index (κ3) is 4.84. The molecule has 3 aromatic rings. The number of benzene rings is 2. The third-order valence-electron chi connectivity index (χ3n) is 3.60. The second-order valence-corrected chi connectivity index (χ2v) is 7.33. The van der Waals surface area contributed by atoms with Crippen molar-refractivity contribution in [1.82, 2.24) is 14.8 Å². The van der Waals surface area contributed by atoms with Crippen LogP contribution in [0, 0.1) is 5.82 Å². The molecule has 1 N–H and O–H groups in total. The number of rotatable bonds is 7. The standard InChI is InChI=1S/C19H16BrFN4OS/c1-2-11-25-18(15-5-3-4-6-16(15)20)23-24-19(25)27-12-17(26)22-14-9-7-13(21)8-10-14/h2-10H,1,11-12H2,(H,22,26). The van der Waals surface area contributed by atoms with Crippen LogP contribution in [0.25, 0.3) is 11.4 Å². The summed E-state index contributed by atoms with van der Waals surface area (Å²) in [4.78, 5) is 12.2. The van der Waals surface area contributed by atoms with Crippen molar-refractivity contribution in [3.05, 3.63) is 71.5 Å². The first kappa shape index (κ1) is 19.3. The van der Waals surface area contributed by atoms with Crippen LogP contribution < -0.4 is 5.32 Å². The number of carbonyl (C=O) groups is 1. The van der Waals surface area contributed by atoms with Gasteiger partial charge >= 0.3 is 0 Å². The van der Waals surface area contributed by atoms with Crippen molar-refractivity contribution in [1.29, 1.82) is 0 Å². The van der Waals surface area contributed by atoms with Crippen LogP contribution in [0.2, 0.25) is 0 Å². The fourth-order valence-corrected chi connectivity index (χ4v) is 3.60. The summed E-state index contributed by atoms with van der Waals surface area (Å²) in [6.45, 7) is 4.30. The van der Waals surface area contributed by atoms with Gasteiger partial charge in [0.05, 0.1) is 5.75 Å². The summed E-state index contributed by atoms with van der Waals surface area (Å²) in [7, 11) is 0. The van der Waals surface area contributed by atoms with Crippen LogP contribution in [0.4, 0.5) is 10.1 Å². The van der Waals surface area contributed by atoms with Crippen molar-refractivity contribution in [2.45, 2.75) is 11.7 Å². The molecule has 3 rings (SSSR count). The monoisotopic (exact) mass is 446 g/mol. The van der Waals surface area contributed by atoms with E-state index in [4.69, 9.17) is 0 Å². The lowest BCUT2D eigenvalue weighted by molar-refractivity contribution is -0.113. The van der Waals surface area contributed by atoms with Crippen LogP contribution in [-0.4, -0.2) is 26.4 Å². The maximum absolute atomic E-state index is 12.9. The van der Waals surface area contributed by atoms with Gasteiger partial charge in [0, 0.05) is 22.3 Å². The molecule has 0 radical (unpaired) electrons. The van der Waals surface area contributed by atoms with E-state index in [-0.39, 0.29) is 17.5 Å². The van der Waals surface area contributed by atoms with Gasteiger partial charge in [-0.15, -0.1) is 16.8 Å². The Morgan fingerprint density at radius 2 is 1.96 bits per heavy atom. The van der Waals surface area contributed by atoms with E-state index >= 15 is 0 Å². The van der Waals surface area contributed by atoms with Crippen molar-refractivity contribution in [2.24, 2.45) is 0 Å². The number of anilines is 1. The summed E-state index contributed by atoms with van der Waals surface area (Å²) >= 11 is 4.81. The molecule has 5 nitrogen and oxygen atoms in total. The van der Waals surface area contributed by atoms with Crippen LogP contribution in [0.1, 0.15) is 0 Å². The van der Waals surface area contributed by atoms with Gasteiger partial charge in [-0.3, -0.25) is 9.36 Å². The topological polar surface area (TPSA) is 59.8 Å². The molecule has 0 aliphatic heterocycles. The number of nitrogens with zero attached hydrogens (tertiary/aromatic N) is 3. The molecule has 0 bridgehead atoms. The lowest BCUT2D eigenvalue weighted by atomic mass is 10.2. The number of nitrogens with one attached hydrogen (secondary N) is 1. The van der Waals surface area contributed by atoms with E-state index < -0.39 is 0 Å². The zero-order valence-electron chi connectivity index (χ0n) is 14.2. The molecule has 0 saturated heterocycles. The van der Waals surface area contributed by atoms with Crippen LogP contribution in [0.3, 0.4) is 0 Å². The molecule has 0 atom stereocenters. The van der Waals surface area contributed by atoms with Gasteiger partial charge in [0.25, 0.3) is 0 Å². The summed E-state index contributed by atoms with van der Waals surface area (Å²) in [6, 6.07) is 13.4. The number of thioether (sulfide) groups is 1. The molecule has 0 aliphatic rings. The quantitative estimate of drug-likeness (QED) is 0.419. The van der Waals surface area contributed by atoms with E-state index in [9.17, 15) is 9.18 Å². The van der Waals surface area contributed by atoms with Crippen LogP contribution >= 0.6 is 27.7 Å². The predicted octanol–water partition coefficient (Wildman–Crippen LogP) is 4.76. The van der Waals surface area contributed by atoms with Gasteiger partial charge in [0.2, 0.25) is 5.91 Å². The summed E-state index contributed by atoms with van der Waals surface area (Å²) in [5, 5.41) is 11.8. The van der Waals surface area contributed by atoms with E-state index in [1.165, 1.54) is 36.0 Å². The normalized spacial score (nSPS) is 10.6. The predicted molar refractivity (Wildman–Crippen MR) is 109 cm³/mol. The first-order valence-electron chi connectivity index (χ1n) is 8.05. The minimum Gasteiger partial charge on any atom is -0.325 e. The van der Waals surface area contributed by atoms with E-state index in [0.717, 1.165) is 10.0 Å². The molecular formula is C19H16BrFN4OS. The first-order valence-corrected chi connectivity index (χ1v) is 9.83. The van der Waals surface area contributed by atoms with Crippen LogP contribution in [0.5, 0.6) is 0 Å². The molecule has 8 heteroatoms. The Hall–Kier alpha value is -2.45. The lowest BCUT2D eigenvalue weighted by Gasteiger charge is -2.09. The molecule has 0 spiro atoms. The van der Waals surface area contributed by atoms with E-state index in [2.05, 4.69) is 38.0 Å². The first-order chi connectivity index (χ1) is 13.1. The molecule has 1 aromatic heterocycles. The summed E-state index contributed by atoms with van der Waals surface area (Å²) in [5.74, 6) is 0.299. The highest BCUT2D eigenvalue weighted by Crippen LogP contribution is 2.29. The molecule has 1 heterocycles. The highest BCUT2D eigenvalue weighted by Gasteiger charge is 2.16. The Balaban J connectivity index is 1.73. The van der Waals surface area contributed by atoms with Gasteiger partial charge in [-0.05, 0) is 30.3 Å². The highest BCUT2D eigenvalue weighted by molar-refractivity contribution is 9.10. The van der Waals surface area contributed by atoms with E-state index in [0.29, 0.717) is 23.2 Å². The van der Waals surface area contributed by atoms with Gasteiger partial charge in [-0.25, -0.2) is 4.39 Å². The number of amides is 1. The second-order valence-electron chi connectivity index (χ2n) is 5.53. The Morgan fingerprint density at radius 1 is 1.22 bits per heavy atom. The maximum Gasteiger partial charge on any atom is 0.234 e. The summed E-state index contributed by atoms with van der Waals surface area (Å²) in [5.41, 5.74) is 1.46. The average Bonchev–Trinajstić information content (AvgIpc) is 3.05. The van der Waals surface area contributed by atoms with Crippen molar-refractivity contribution >= 4 is 39.3 Å². The molecule has 2 aromatic carbocycles. The smallest absolute Gasteiger partial charge is 0.234 e. The Morgan fingerprint density at radius 3 is 2.67 bits per heavy atom. The number of carbonyl (C=O) groups excluding carboxylic acids is 1. The number of aromatic nitrogens is 3. The van der Waals surface area contributed by atoms with Crippen molar-refractivity contribution < 1.29 is 9.18 Å². The number of hydrogen-bond donors (Lipinski definition) is 1. The highest BCUT2D eigenvalue weighted by atomic mass is 79.9. The largest absolute Gasteiger partial charge is 0.325 e. The zero-order chi connectivity index (χ0) is 19.2. The van der Waals surface area contributed by atoms with E-state index in [1.54, 1.807) is 6.08 Å². The molecule has 0 unspecified atom stereocenters. The summed E-state index contributed by atoms with van der Waals surface area (Å²) < 4.78 is 15.8. The van der Waals surface area contributed by atoms with Crippen LogP contribution in [-0.2, 0) is 11.3 Å². The van der Waals surface area contributed by atoms with Gasteiger partial charge < -0.3 is 5.32 Å². The SMILES string of the molecule is C=CCn1c(SCC(=O)Nc2ccc(F)cc2)nnc1-c1ccccc1Br. The fourth-order valence-electron chi connectivity index (χ4n) is 2.39. The number of halogens is 2. The molecule has 27 heavy (non-hydrogen) atoms. The zero-order valence-corrected chi connectivity index (χ0v) is 16.6. The molecule has 1 amide bonds. The minimum atomic E-state index is -0.348. The Labute approximate surface area is 168 Å². The van der Waals surface area contributed by atoms with E-state index in [1.807, 2.05) is 28.8 Å². The van der Waals surface area contributed by atoms with Gasteiger partial charge in [-0.2, -0.15) is 0 Å². The van der Waals surface area contributed by atoms with Crippen molar-refractivity contribution in [2.75, 3.05) is 11.1 Å². The number of allylic oxidation sites excluding steroid dienone is 1. The average molecular weight is 447 g/mol. The lowest BCUT2D eigenvalue weighted by Crippen LogP contribution is -2.14. The molecule has 0 aliphatic carbocycles. The second kappa shape index (κ2) is 8.96. The molecular weight excluding hydrogens is 431 g/mol. The summed E-state index contributed by atoms with van der Waals surface area (Å²) in [6.07, 6.45) is 1.76. The van der Waals surface area contributed by atoms with Gasteiger partial charge in [-0.1, -0.05) is 52.0 Å². The Bertz CT molecular complexity index is 959. The Kier molecular flexibility index (Phi) is 6.41. The maximum atomic E-state index is 12.9. The molecule has 0 saturated carbocycles. The van der Waals surface area contributed by atoms with Crippen molar-refractivity contribution in [3.8, 4) is 11.4 Å². The van der Waals surface area contributed by atoms with Crippen molar-refractivity contribution in [3.63, 3.8) is 0 Å². The van der Waals surface area contributed by atoms with Crippen LogP contribution in [0.15, 0.2) is 70.8 Å². The third-order valence-corrected chi connectivity index (χ3v) is 5.26. The number of hydrogen-bond acceptors (Lipinski definition) is 4. The minimum absolute atomic E-state index is 0.155.